The third-order valence-electron chi connectivity index (χ3n) is 4.19. The molecule has 1 aromatic carbocycles. The van der Waals surface area contributed by atoms with Crippen LogP contribution in [0.1, 0.15) is 11.5 Å². The van der Waals surface area contributed by atoms with Crippen LogP contribution < -0.4 is 0 Å². The molecule has 4 rings (SSSR count). The van der Waals surface area contributed by atoms with Gasteiger partial charge in [0.05, 0.1) is 18.9 Å². The number of aromatic nitrogens is 2. The van der Waals surface area contributed by atoms with Crippen LogP contribution >= 0.6 is 0 Å². The molecule has 0 unspecified atom stereocenters. The van der Waals surface area contributed by atoms with Crippen molar-refractivity contribution in [2.75, 3.05) is 27.4 Å². The minimum absolute atomic E-state index is 0.553. The van der Waals surface area contributed by atoms with Crippen molar-refractivity contribution in [2.24, 2.45) is 4.99 Å². The van der Waals surface area contributed by atoms with E-state index in [4.69, 9.17) is 4.42 Å². The second kappa shape index (κ2) is 5.67. The Morgan fingerprint density at radius 2 is 1.92 bits per heavy atom. The molecule has 0 amide bonds. The molecular weight excluding hydrogens is 304 g/mol. The highest BCUT2D eigenvalue weighted by Gasteiger charge is 2.29. The van der Waals surface area contributed by atoms with Crippen LogP contribution in [0.3, 0.4) is 0 Å². The molecule has 0 bridgehead atoms. The van der Waals surface area contributed by atoms with Crippen molar-refractivity contribution in [2.45, 2.75) is 13.5 Å². The molecule has 0 aliphatic carbocycles. The largest absolute Gasteiger partial charge is 0.419 e. The van der Waals surface area contributed by atoms with Crippen molar-refractivity contribution in [3.05, 3.63) is 47.6 Å². The van der Waals surface area contributed by atoms with Gasteiger partial charge in [0.1, 0.15) is 6.67 Å². The van der Waals surface area contributed by atoms with Gasteiger partial charge in [0.2, 0.25) is 11.8 Å². The number of rotatable bonds is 3. The summed E-state index contributed by atoms with van der Waals surface area (Å²) < 4.78 is 5.84. The lowest BCUT2D eigenvalue weighted by Crippen LogP contribution is -2.41. The number of aryl methyl sites for hydroxylation is 1. The summed E-state index contributed by atoms with van der Waals surface area (Å²) in [5, 5.41) is 8.36. The molecule has 0 fully saturated rings. The summed E-state index contributed by atoms with van der Waals surface area (Å²) in [7, 11) is 4.10. The van der Waals surface area contributed by atoms with Crippen LogP contribution in [-0.4, -0.2) is 58.2 Å². The average molecular weight is 324 g/mol. The highest BCUT2D eigenvalue weighted by atomic mass is 16.4. The van der Waals surface area contributed by atoms with E-state index in [0.717, 1.165) is 23.8 Å². The summed E-state index contributed by atoms with van der Waals surface area (Å²) in [5.41, 5.74) is 3.24. The predicted octanol–water partition coefficient (Wildman–Crippen LogP) is 1.89. The monoisotopic (exact) mass is 324 g/mol. The minimum atomic E-state index is 0.553. The molecule has 1 aromatic heterocycles. The number of aliphatic imine (C=N–C) groups is 1. The van der Waals surface area contributed by atoms with Gasteiger partial charge >= 0.3 is 0 Å². The average Bonchev–Trinajstić information content (AvgIpc) is 3.16. The second-order valence-corrected chi connectivity index (χ2v) is 6.30. The third kappa shape index (κ3) is 2.62. The van der Waals surface area contributed by atoms with Crippen LogP contribution in [-0.2, 0) is 6.54 Å². The Kier molecular flexibility index (Phi) is 3.48. The summed E-state index contributed by atoms with van der Waals surface area (Å²) in [6.45, 7) is 4.06. The first-order valence-electron chi connectivity index (χ1n) is 7.92. The van der Waals surface area contributed by atoms with E-state index in [1.54, 1.807) is 0 Å². The maximum atomic E-state index is 5.84. The van der Waals surface area contributed by atoms with Crippen LogP contribution in [0.2, 0.25) is 0 Å². The molecule has 0 saturated carbocycles. The molecule has 3 heterocycles. The summed E-state index contributed by atoms with van der Waals surface area (Å²) in [6, 6.07) is 8.07. The van der Waals surface area contributed by atoms with Crippen molar-refractivity contribution in [1.82, 2.24) is 24.9 Å². The topological polar surface area (TPSA) is 61.0 Å². The Balaban J connectivity index is 1.52. The van der Waals surface area contributed by atoms with E-state index in [1.807, 2.05) is 31.3 Å². The van der Waals surface area contributed by atoms with Crippen LogP contribution in [0.15, 0.2) is 45.6 Å². The molecule has 24 heavy (non-hydrogen) atoms. The number of fused-ring (bicyclic) bond motifs is 1. The number of amidine groups is 1. The van der Waals surface area contributed by atoms with Gasteiger partial charge in [0, 0.05) is 25.9 Å². The van der Waals surface area contributed by atoms with E-state index >= 15 is 0 Å². The Hall–Kier alpha value is -2.83. The van der Waals surface area contributed by atoms with Crippen molar-refractivity contribution < 1.29 is 4.42 Å². The van der Waals surface area contributed by atoms with Crippen molar-refractivity contribution in [1.29, 1.82) is 0 Å². The van der Waals surface area contributed by atoms with Gasteiger partial charge in [-0.3, -0.25) is 0 Å². The van der Waals surface area contributed by atoms with Crippen molar-refractivity contribution in [3.63, 3.8) is 0 Å². The summed E-state index contributed by atoms with van der Waals surface area (Å²) in [6.07, 6.45) is 2.11. The first-order chi connectivity index (χ1) is 11.6. The van der Waals surface area contributed by atoms with Crippen LogP contribution in [0, 0.1) is 6.92 Å². The number of nitrogens with zero attached hydrogens (tertiary/aromatic N) is 6. The molecule has 0 atom stereocenters. The molecular formula is C17H20N6O. The molecule has 124 valence electrons. The van der Waals surface area contributed by atoms with E-state index in [2.05, 4.69) is 50.1 Å². The van der Waals surface area contributed by atoms with Gasteiger partial charge in [-0.05, 0) is 19.1 Å². The first kappa shape index (κ1) is 14.7. The van der Waals surface area contributed by atoms with E-state index in [1.165, 1.54) is 5.56 Å². The smallest absolute Gasteiger partial charge is 0.247 e. The molecule has 0 saturated heterocycles. The van der Waals surface area contributed by atoms with Gasteiger partial charge < -0.3 is 19.1 Å². The zero-order chi connectivity index (χ0) is 16.7. The fraction of sp³-hybridized carbons (Fsp3) is 0.353. The number of hydrogen-bond acceptors (Lipinski definition) is 7. The fourth-order valence-electron chi connectivity index (χ4n) is 2.99. The maximum absolute atomic E-state index is 5.84. The third-order valence-corrected chi connectivity index (χ3v) is 4.19. The molecule has 7 nitrogen and oxygen atoms in total. The zero-order valence-corrected chi connectivity index (χ0v) is 14.1. The molecule has 2 aromatic rings. The number of hydrogen-bond donors (Lipinski definition) is 0. The van der Waals surface area contributed by atoms with Crippen LogP contribution in [0.25, 0.3) is 11.5 Å². The lowest BCUT2D eigenvalue weighted by Gasteiger charge is -2.33. The normalized spacial score (nSPS) is 17.0. The first-order valence-corrected chi connectivity index (χ1v) is 7.92. The highest BCUT2D eigenvalue weighted by Crippen LogP contribution is 2.24. The second-order valence-electron chi connectivity index (χ2n) is 6.30. The Labute approximate surface area is 140 Å². The predicted molar refractivity (Wildman–Crippen MR) is 90.8 cm³/mol. The lowest BCUT2D eigenvalue weighted by atomic mass is 10.1. The Bertz CT molecular complexity index is 807. The molecule has 0 spiro atoms. The van der Waals surface area contributed by atoms with E-state index in [0.29, 0.717) is 25.0 Å². The van der Waals surface area contributed by atoms with E-state index < -0.39 is 0 Å². The molecule has 2 aliphatic heterocycles. The molecule has 7 heteroatoms. The number of benzene rings is 1. The van der Waals surface area contributed by atoms with Crippen molar-refractivity contribution >= 4 is 5.84 Å². The van der Waals surface area contributed by atoms with E-state index in [-0.39, 0.29) is 0 Å². The van der Waals surface area contributed by atoms with Crippen molar-refractivity contribution in [3.8, 4) is 11.5 Å². The van der Waals surface area contributed by atoms with E-state index in [9.17, 15) is 0 Å². The Morgan fingerprint density at radius 1 is 1.12 bits per heavy atom. The van der Waals surface area contributed by atoms with Gasteiger partial charge in [0.15, 0.2) is 5.84 Å². The molecule has 0 radical (unpaired) electrons. The van der Waals surface area contributed by atoms with Gasteiger partial charge in [-0.25, -0.2) is 4.99 Å². The minimum Gasteiger partial charge on any atom is -0.419 e. The zero-order valence-electron chi connectivity index (χ0n) is 14.1. The maximum Gasteiger partial charge on any atom is 0.247 e. The van der Waals surface area contributed by atoms with Crippen LogP contribution in [0.5, 0.6) is 0 Å². The summed E-state index contributed by atoms with van der Waals surface area (Å²) in [4.78, 5) is 11.0. The lowest BCUT2D eigenvalue weighted by molar-refractivity contribution is 0.276. The highest BCUT2D eigenvalue weighted by molar-refractivity contribution is 5.99. The number of likely N-dealkylation sites (N-methyl/N-ethyl adjacent to an activating group) is 1. The van der Waals surface area contributed by atoms with Crippen LogP contribution in [0.4, 0.5) is 0 Å². The Morgan fingerprint density at radius 3 is 2.71 bits per heavy atom. The summed E-state index contributed by atoms with van der Waals surface area (Å²) >= 11 is 0. The SMILES string of the molecule is Cc1ccc(-c2nnc(CN3CN=C4C3=CN(C)CN4C)o2)cc1. The molecule has 2 aliphatic rings. The quantitative estimate of drug-likeness (QED) is 0.859. The standard InChI is InChI=1S/C17H20N6O/c1-12-4-6-13(7-5-12)17-20-19-15(24-17)9-23-10-18-16-14(23)8-21(2)11-22(16)3/h4-8H,9-11H2,1-3H3. The van der Waals surface area contributed by atoms with Gasteiger partial charge in [-0.2, -0.15) is 0 Å². The van der Waals surface area contributed by atoms with Gasteiger partial charge in [-0.15, -0.1) is 10.2 Å². The van der Waals surface area contributed by atoms with Gasteiger partial charge in [0.25, 0.3) is 0 Å². The molecule has 0 N–H and O–H groups in total. The van der Waals surface area contributed by atoms with Gasteiger partial charge in [-0.1, -0.05) is 17.7 Å². The summed E-state index contributed by atoms with van der Waals surface area (Å²) in [5.74, 6) is 2.17. The fourth-order valence-corrected chi connectivity index (χ4v) is 2.99.